The number of carbonyl (C=O) groups excluding carboxylic acids is 1. The predicted octanol–water partition coefficient (Wildman–Crippen LogP) is 2.18. The quantitative estimate of drug-likeness (QED) is 0.778. The minimum atomic E-state index is 0.161. The minimum Gasteiger partial charge on any atom is -0.336 e. The molecule has 3 aliphatic rings. The zero-order valence-electron chi connectivity index (χ0n) is 11.2. The number of likely N-dealkylation sites (N-methyl/N-ethyl adjacent to an activating group) is 1. The molecule has 0 spiro atoms. The normalized spacial score (nSPS) is 16.8. The Labute approximate surface area is 113 Å². The maximum absolute atomic E-state index is 12.6. The van der Waals surface area contributed by atoms with Crippen LogP contribution in [0.1, 0.15) is 10.4 Å². The van der Waals surface area contributed by atoms with Gasteiger partial charge in [0.15, 0.2) is 0 Å². The van der Waals surface area contributed by atoms with Crippen LogP contribution in [0, 0.1) is 0 Å². The van der Waals surface area contributed by atoms with Gasteiger partial charge in [-0.1, -0.05) is 36.4 Å². The van der Waals surface area contributed by atoms with Gasteiger partial charge in [0.25, 0.3) is 5.91 Å². The summed E-state index contributed by atoms with van der Waals surface area (Å²) in [4.78, 5) is 16.8. The van der Waals surface area contributed by atoms with E-state index in [4.69, 9.17) is 0 Å². The van der Waals surface area contributed by atoms with Crippen LogP contribution in [0.25, 0.3) is 11.1 Å². The number of fused-ring (bicyclic) bond motifs is 1. The van der Waals surface area contributed by atoms with Crippen LogP contribution in [-0.2, 0) is 0 Å². The summed E-state index contributed by atoms with van der Waals surface area (Å²) >= 11 is 0. The summed E-state index contributed by atoms with van der Waals surface area (Å²) in [6.07, 6.45) is 0. The number of rotatable bonds is 1. The number of hydrogen-bond donors (Lipinski definition) is 0. The van der Waals surface area contributed by atoms with Crippen molar-refractivity contribution in [1.82, 2.24) is 9.80 Å². The minimum absolute atomic E-state index is 0.161. The summed E-state index contributed by atoms with van der Waals surface area (Å²) in [7, 11) is 2.10. The Kier molecular flexibility index (Phi) is 3.22. The van der Waals surface area contributed by atoms with Crippen LogP contribution < -0.4 is 0 Å². The summed E-state index contributed by atoms with van der Waals surface area (Å²) in [5, 5.41) is 0. The molecular weight excluding hydrogens is 236 g/mol. The second-order valence-electron chi connectivity index (χ2n) is 5.12. The van der Waals surface area contributed by atoms with E-state index in [1.807, 2.05) is 41.3 Å². The molecule has 1 heterocycles. The van der Waals surface area contributed by atoms with E-state index in [0.29, 0.717) is 0 Å². The largest absolute Gasteiger partial charge is 0.336 e. The molecule has 19 heavy (non-hydrogen) atoms. The topological polar surface area (TPSA) is 23.6 Å². The monoisotopic (exact) mass is 254 g/mol. The molecule has 1 aliphatic heterocycles. The molecule has 3 heteroatoms. The highest BCUT2D eigenvalue weighted by atomic mass is 16.2. The number of hydrogen-bond acceptors (Lipinski definition) is 2. The molecule has 1 saturated heterocycles. The maximum Gasteiger partial charge on any atom is 0.254 e. The highest BCUT2D eigenvalue weighted by Crippen LogP contribution is 2.28. The molecule has 2 aliphatic carbocycles. The van der Waals surface area contributed by atoms with Gasteiger partial charge < -0.3 is 9.80 Å². The van der Waals surface area contributed by atoms with Gasteiger partial charge >= 0.3 is 0 Å². The van der Waals surface area contributed by atoms with Crippen LogP contribution in [-0.4, -0.2) is 48.9 Å². The molecule has 0 atom stereocenters. The Morgan fingerprint density at radius 3 is 2.47 bits per heavy atom. The lowest BCUT2D eigenvalue weighted by molar-refractivity contribution is 0.0665. The average Bonchev–Trinajstić information content (AvgIpc) is 2.68. The van der Waals surface area contributed by atoms with Crippen molar-refractivity contribution >= 4 is 5.91 Å². The van der Waals surface area contributed by atoms with E-state index in [9.17, 15) is 4.79 Å². The van der Waals surface area contributed by atoms with Crippen LogP contribution in [0.4, 0.5) is 0 Å². The molecule has 0 aromatic carbocycles. The third-order valence-corrected chi connectivity index (χ3v) is 3.81. The summed E-state index contributed by atoms with van der Waals surface area (Å²) in [5.41, 5.74) is 3.01. The average molecular weight is 254 g/mol. The lowest BCUT2D eigenvalue weighted by Gasteiger charge is -2.32. The molecule has 0 N–H and O–H groups in total. The third-order valence-electron chi connectivity index (χ3n) is 3.81. The summed E-state index contributed by atoms with van der Waals surface area (Å²) < 4.78 is 0. The molecule has 1 amide bonds. The lowest BCUT2D eigenvalue weighted by Crippen LogP contribution is -2.47. The molecular formula is C16H18N2O. The fourth-order valence-electron chi connectivity index (χ4n) is 2.58. The second-order valence-corrected chi connectivity index (χ2v) is 5.12. The number of carbonyl (C=O) groups is 1. The highest BCUT2D eigenvalue weighted by molar-refractivity contribution is 6.02. The fraction of sp³-hybridized carbons (Fsp3) is 0.312. The first-order valence-electron chi connectivity index (χ1n) is 6.71. The SMILES string of the molecule is CN1CCN(C(=O)c2ccc3cccccc2-3)CC1. The Morgan fingerprint density at radius 2 is 1.68 bits per heavy atom. The predicted molar refractivity (Wildman–Crippen MR) is 76.5 cm³/mol. The molecule has 3 rings (SSSR count). The fourth-order valence-corrected chi connectivity index (χ4v) is 2.58. The number of amides is 1. The van der Waals surface area contributed by atoms with Crippen LogP contribution >= 0.6 is 0 Å². The molecule has 0 bridgehead atoms. The highest BCUT2D eigenvalue weighted by Gasteiger charge is 2.23. The van der Waals surface area contributed by atoms with Crippen molar-refractivity contribution in [3.63, 3.8) is 0 Å². The first kappa shape index (κ1) is 12.2. The van der Waals surface area contributed by atoms with Gasteiger partial charge in [0.2, 0.25) is 0 Å². The maximum atomic E-state index is 12.6. The van der Waals surface area contributed by atoms with Crippen molar-refractivity contribution < 1.29 is 4.79 Å². The Balaban J connectivity index is 1.87. The van der Waals surface area contributed by atoms with Crippen LogP contribution in [0.5, 0.6) is 0 Å². The molecule has 0 saturated carbocycles. The van der Waals surface area contributed by atoms with E-state index in [2.05, 4.69) is 18.0 Å². The van der Waals surface area contributed by atoms with Gasteiger partial charge in [0, 0.05) is 31.7 Å². The van der Waals surface area contributed by atoms with Crippen LogP contribution in [0.15, 0.2) is 42.5 Å². The van der Waals surface area contributed by atoms with Crippen molar-refractivity contribution in [2.24, 2.45) is 0 Å². The summed E-state index contributed by atoms with van der Waals surface area (Å²) in [5.74, 6) is 0.161. The molecule has 0 radical (unpaired) electrons. The van der Waals surface area contributed by atoms with E-state index in [1.165, 1.54) is 0 Å². The molecule has 0 unspecified atom stereocenters. The van der Waals surface area contributed by atoms with Crippen molar-refractivity contribution in [2.45, 2.75) is 0 Å². The van der Waals surface area contributed by atoms with E-state index in [-0.39, 0.29) is 5.91 Å². The third kappa shape index (κ3) is 2.34. The van der Waals surface area contributed by atoms with Gasteiger partial charge in [-0.05, 0) is 24.2 Å². The Hall–Kier alpha value is -1.87. The van der Waals surface area contributed by atoms with Crippen LogP contribution in [0.3, 0.4) is 0 Å². The Morgan fingerprint density at radius 1 is 0.947 bits per heavy atom. The molecule has 3 nitrogen and oxygen atoms in total. The van der Waals surface area contributed by atoms with Crippen molar-refractivity contribution in [3.05, 3.63) is 48.0 Å². The van der Waals surface area contributed by atoms with Gasteiger partial charge in [0.05, 0.1) is 0 Å². The van der Waals surface area contributed by atoms with Gasteiger partial charge in [-0.25, -0.2) is 0 Å². The van der Waals surface area contributed by atoms with Gasteiger partial charge in [-0.3, -0.25) is 4.79 Å². The van der Waals surface area contributed by atoms with E-state index < -0.39 is 0 Å². The van der Waals surface area contributed by atoms with E-state index >= 15 is 0 Å². The van der Waals surface area contributed by atoms with Crippen molar-refractivity contribution in [1.29, 1.82) is 0 Å². The standard InChI is InChI=1S/C16H18N2O/c1-17-9-11-18(12-10-17)16(19)15-8-7-13-5-3-2-4-6-14(13)15/h2-8H,9-12H2,1H3. The van der Waals surface area contributed by atoms with Gasteiger partial charge in [-0.2, -0.15) is 0 Å². The first-order valence-corrected chi connectivity index (χ1v) is 6.71. The van der Waals surface area contributed by atoms with E-state index in [1.54, 1.807) is 0 Å². The molecule has 98 valence electrons. The zero-order chi connectivity index (χ0) is 13.2. The number of piperazine rings is 1. The molecule has 0 aromatic rings. The van der Waals surface area contributed by atoms with Crippen molar-refractivity contribution in [2.75, 3.05) is 33.2 Å². The second kappa shape index (κ2) is 5.02. The van der Waals surface area contributed by atoms with Crippen molar-refractivity contribution in [3.8, 4) is 11.1 Å². The van der Waals surface area contributed by atoms with Crippen LogP contribution in [0.2, 0.25) is 0 Å². The summed E-state index contributed by atoms with van der Waals surface area (Å²) in [6, 6.07) is 14.0. The summed E-state index contributed by atoms with van der Waals surface area (Å²) in [6.45, 7) is 3.55. The zero-order valence-corrected chi connectivity index (χ0v) is 11.2. The van der Waals surface area contributed by atoms with Gasteiger partial charge in [-0.15, -0.1) is 0 Å². The first-order chi connectivity index (χ1) is 9.25. The lowest BCUT2D eigenvalue weighted by atomic mass is 10.1. The number of nitrogens with zero attached hydrogens (tertiary/aromatic N) is 2. The Bertz CT molecular complexity index is 559. The molecule has 1 fully saturated rings. The smallest absolute Gasteiger partial charge is 0.254 e. The molecule has 0 aromatic heterocycles. The van der Waals surface area contributed by atoms with E-state index in [0.717, 1.165) is 42.9 Å². The van der Waals surface area contributed by atoms with Gasteiger partial charge in [0.1, 0.15) is 0 Å².